The van der Waals surface area contributed by atoms with Gasteiger partial charge in [-0.15, -0.1) is 0 Å². The van der Waals surface area contributed by atoms with Crippen LogP contribution in [0.25, 0.3) is 0 Å². The minimum Gasteiger partial charge on any atom is -0.373 e. The predicted molar refractivity (Wildman–Crippen MR) is 101 cm³/mol. The minimum absolute atomic E-state index is 0.0934. The Labute approximate surface area is 158 Å². The lowest BCUT2D eigenvalue weighted by atomic mass is 10.1. The Hall–Kier alpha value is -2.99. The molecule has 1 atom stereocenters. The van der Waals surface area contributed by atoms with E-state index < -0.39 is 0 Å². The van der Waals surface area contributed by atoms with Crippen LogP contribution in [0.2, 0.25) is 0 Å². The van der Waals surface area contributed by atoms with Crippen LogP contribution in [-0.2, 0) is 29.1 Å². The van der Waals surface area contributed by atoms with Crippen LogP contribution in [0.5, 0.6) is 0 Å². The van der Waals surface area contributed by atoms with Gasteiger partial charge in [-0.25, -0.2) is 0 Å². The monoisotopic (exact) mass is 362 g/mol. The number of pyridine rings is 2. The predicted octanol–water partition coefficient (Wildman–Crippen LogP) is 2.62. The second-order valence-electron chi connectivity index (χ2n) is 6.67. The summed E-state index contributed by atoms with van der Waals surface area (Å²) in [6, 6.07) is 15.6. The fourth-order valence-electron chi connectivity index (χ4n) is 3.40. The SMILES string of the molecule is O=C(Cc1ccccn1)N1Cc2cccn2C(COCc2ccccn2)C1. The summed E-state index contributed by atoms with van der Waals surface area (Å²) in [4.78, 5) is 23.2. The van der Waals surface area contributed by atoms with Crippen LogP contribution in [0, 0.1) is 0 Å². The van der Waals surface area contributed by atoms with Crippen molar-refractivity contribution in [1.82, 2.24) is 19.4 Å². The van der Waals surface area contributed by atoms with E-state index in [1.807, 2.05) is 47.4 Å². The van der Waals surface area contributed by atoms with E-state index in [9.17, 15) is 4.79 Å². The molecular formula is C21H22N4O2. The molecule has 1 aliphatic heterocycles. The van der Waals surface area contributed by atoms with E-state index in [4.69, 9.17) is 4.74 Å². The first-order chi connectivity index (χ1) is 13.3. The molecule has 0 aromatic carbocycles. The molecular weight excluding hydrogens is 340 g/mol. The first kappa shape index (κ1) is 17.4. The minimum atomic E-state index is 0.0934. The average Bonchev–Trinajstić information content (AvgIpc) is 3.18. The quantitative estimate of drug-likeness (QED) is 0.676. The zero-order valence-electron chi connectivity index (χ0n) is 15.1. The van der Waals surface area contributed by atoms with E-state index in [1.54, 1.807) is 12.4 Å². The third-order valence-corrected chi connectivity index (χ3v) is 4.74. The van der Waals surface area contributed by atoms with Crippen LogP contribution in [0.3, 0.4) is 0 Å². The Morgan fingerprint density at radius 1 is 1.04 bits per heavy atom. The molecule has 6 nitrogen and oxygen atoms in total. The summed E-state index contributed by atoms with van der Waals surface area (Å²) < 4.78 is 8.11. The lowest BCUT2D eigenvalue weighted by molar-refractivity contribution is -0.133. The van der Waals surface area contributed by atoms with E-state index in [2.05, 4.69) is 26.8 Å². The molecule has 0 aliphatic carbocycles. The summed E-state index contributed by atoms with van der Waals surface area (Å²) in [6.45, 7) is 2.26. The Bertz CT molecular complexity index is 879. The molecule has 27 heavy (non-hydrogen) atoms. The van der Waals surface area contributed by atoms with E-state index in [-0.39, 0.29) is 11.9 Å². The van der Waals surface area contributed by atoms with Crippen LogP contribution in [-0.4, -0.2) is 38.5 Å². The Kier molecular flexibility index (Phi) is 5.25. The number of nitrogens with zero attached hydrogens (tertiary/aromatic N) is 4. The summed E-state index contributed by atoms with van der Waals surface area (Å²) in [6.07, 6.45) is 5.87. The largest absolute Gasteiger partial charge is 0.373 e. The summed E-state index contributed by atoms with van der Waals surface area (Å²) in [7, 11) is 0. The fraction of sp³-hybridized carbons (Fsp3) is 0.286. The number of carbonyl (C=O) groups excluding carboxylic acids is 1. The number of aromatic nitrogens is 3. The molecule has 4 rings (SSSR count). The molecule has 1 unspecified atom stereocenters. The van der Waals surface area contributed by atoms with E-state index >= 15 is 0 Å². The van der Waals surface area contributed by atoms with Crippen LogP contribution < -0.4 is 0 Å². The fourth-order valence-corrected chi connectivity index (χ4v) is 3.40. The maximum Gasteiger partial charge on any atom is 0.229 e. The van der Waals surface area contributed by atoms with Crippen LogP contribution in [0.15, 0.2) is 67.1 Å². The third kappa shape index (κ3) is 4.23. The second-order valence-corrected chi connectivity index (χ2v) is 6.67. The van der Waals surface area contributed by atoms with Gasteiger partial charge in [0.25, 0.3) is 0 Å². The van der Waals surface area contributed by atoms with Gasteiger partial charge in [-0.3, -0.25) is 14.8 Å². The van der Waals surface area contributed by atoms with Gasteiger partial charge in [-0.1, -0.05) is 12.1 Å². The lowest BCUT2D eigenvalue weighted by Crippen LogP contribution is -2.42. The van der Waals surface area contributed by atoms with Gasteiger partial charge in [0.2, 0.25) is 5.91 Å². The smallest absolute Gasteiger partial charge is 0.229 e. The van der Waals surface area contributed by atoms with Gasteiger partial charge in [-0.05, 0) is 36.4 Å². The van der Waals surface area contributed by atoms with Crippen molar-refractivity contribution >= 4 is 5.91 Å². The van der Waals surface area contributed by atoms with Crippen molar-refractivity contribution in [3.05, 3.63) is 84.2 Å². The van der Waals surface area contributed by atoms with Crippen LogP contribution in [0.4, 0.5) is 0 Å². The molecule has 138 valence electrons. The van der Waals surface area contributed by atoms with Gasteiger partial charge in [0.1, 0.15) is 0 Å². The Morgan fingerprint density at radius 3 is 2.56 bits per heavy atom. The van der Waals surface area contributed by atoms with Gasteiger partial charge in [0.15, 0.2) is 0 Å². The number of carbonyl (C=O) groups is 1. The van der Waals surface area contributed by atoms with Crippen molar-refractivity contribution in [1.29, 1.82) is 0 Å². The standard InChI is InChI=1S/C21H22N4O2/c26-21(12-17-6-1-3-9-22-17)24-13-19-8-5-11-25(19)20(14-24)16-27-15-18-7-2-4-10-23-18/h1-11,20H,12-16H2. The van der Waals surface area contributed by atoms with Crippen molar-refractivity contribution in [2.45, 2.75) is 25.6 Å². The second kappa shape index (κ2) is 8.14. The topological polar surface area (TPSA) is 60.2 Å². The number of amides is 1. The molecule has 3 aromatic rings. The number of hydrogen-bond donors (Lipinski definition) is 0. The molecule has 1 aliphatic rings. The van der Waals surface area contributed by atoms with Crippen molar-refractivity contribution in [3.8, 4) is 0 Å². The van der Waals surface area contributed by atoms with Crippen molar-refractivity contribution in [2.24, 2.45) is 0 Å². The molecule has 0 saturated heterocycles. The highest BCUT2D eigenvalue weighted by molar-refractivity contribution is 5.78. The molecule has 1 amide bonds. The number of fused-ring (bicyclic) bond motifs is 1. The number of hydrogen-bond acceptors (Lipinski definition) is 4. The van der Waals surface area contributed by atoms with Gasteiger partial charge in [-0.2, -0.15) is 0 Å². The Morgan fingerprint density at radius 2 is 1.81 bits per heavy atom. The molecule has 0 saturated carbocycles. The molecule has 0 radical (unpaired) electrons. The first-order valence-electron chi connectivity index (χ1n) is 9.10. The van der Waals surface area contributed by atoms with Gasteiger partial charge in [0.05, 0.1) is 37.9 Å². The van der Waals surface area contributed by atoms with Gasteiger partial charge >= 0.3 is 0 Å². The normalized spacial score (nSPS) is 16.1. The number of ether oxygens (including phenoxy) is 1. The lowest BCUT2D eigenvalue weighted by Gasteiger charge is -2.35. The van der Waals surface area contributed by atoms with Gasteiger partial charge < -0.3 is 14.2 Å². The van der Waals surface area contributed by atoms with Crippen molar-refractivity contribution in [2.75, 3.05) is 13.2 Å². The highest BCUT2D eigenvalue weighted by Gasteiger charge is 2.27. The molecule has 0 fully saturated rings. The molecule has 3 aromatic heterocycles. The van der Waals surface area contributed by atoms with Gasteiger partial charge in [0, 0.05) is 36.5 Å². The highest BCUT2D eigenvalue weighted by atomic mass is 16.5. The average molecular weight is 362 g/mol. The summed E-state index contributed by atoms with van der Waals surface area (Å²) >= 11 is 0. The van der Waals surface area contributed by atoms with E-state index in [0.717, 1.165) is 17.1 Å². The molecule has 6 heteroatoms. The summed E-state index contributed by atoms with van der Waals surface area (Å²) in [5.41, 5.74) is 2.83. The maximum atomic E-state index is 12.8. The molecule has 4 heterocycles. The molecule has 0 N–H and O–H groups in total. The van der Waals surface area contributed by atoms with Crippen LogP contribution in [0.1, 0.15) is 23.1 Å². The zero-order chi connectivity index (χ0) is 18.5. The summed E-state index contributed by atoms with van der Waals surface area (Å²) in [5.74, 6) is 0.0934. The zero-order valence-corrected chi connectivity index (χ0v) is 15.1. The van der Waals surface area contributed by atoms with Crippen molar-refractivity contribution in [3.63, 3.8) is 0 Å². The third-order valence-electron chi connectivity index (χ3n) is 4.74. The molecule has 0 bridgehead atoms. The number of rotatable bonds is 6. The van der Waals surface area contributed by atoms with Crippen molar-refractivity contribution < 1.29 is 9.53 Å². The summed E-state index contributed by atoms with van der Waals surface area (Å²) in [5, 5.41) is 0. The molecule has 0 spiro atoms. The van der Waals surface area contributed by atoms with Crippen LogP contribution >= 0.6 is 0 Å². The Balaban J connectivity index is 1.40. The van der Waals surface area contributed by atoms with E-state index in [1.165, 1.54) is 0 Å². The van der Waals surface area contributed by atoms with E-state index in [0.29, 0.717) is 32.7 Å². The maximum absolute atomic E-state index is 12.8. The first-order valence-corrected chi connectivity index (χ1v) is 9.10. The highest BCUT2D eigenvalue weighted by Crippen LogP contribution is 2.23.